The van der Waals surface area contributed by atoms with Crippen molar-refractivity contribution in [3.8, 4) is 5.75 Å². The van der Waals surface area contributed by atoms with E-state index in [0.717, 1.165) is 24.2 Å². The third-order valence-corrected chi connectivity index (χ3v) is 6.85. The standard InChI is InChI=1S/C25H31NO4/c1-28-22-9-7-20(8-10-22)24(11-15-29-16-12-24)19-26-23(27)25(13-17-30-18-14-25)21-5-3-2-4-6-21/h2-10H,11-19H2,1H3,(H,26,27). The van der Waals surface area contributed by atoms with Crippen molar-refractivity contribution in [3.63, 3.8) is 0 Å². The zero-order valence-electron chi connectivity index (χ0n) is 17.7. The fraction of sp³-hybridized carbons (Fsp3) is 0.480. The van der Waals surface area contributed by atoms with Crippen LogP contribution in [0.25, 0.3) is 0 Å². The van der Waals surface area contributed by atoms with E-state index in [1.54, 1.807) is 7.11 Å². The fourth-order valence-electron chi connectivity index (χ4n) is 4.82. The largest absolute Gasteiger partial charge is 0.497 e. The molecular formula is C25H31NO4. The summed E-state index contributed by atoms with van der Waals surface area (Å²) >= 11 is 0. The summed E-state index contributed by atoms with van der Waals surface area (Å²) in [6.07, 6.45) is 3.20. The molecule has 0 saturated carbocycles. The molecule has 30 heavy (non-hydrogen) atoms. The van der Waals surface area contributed by atoms with Crippen molar-refractivity contribution >= 4 is 5.91 Å². The van der Waals surface area contributed by atoms with E-state index >= 15 is 0 Å². The van der Waals surface area contributed by atoms with Gasteiger partial charge in [0.15, 0.2) is 0 Å². The first-order chi connectivity index (χ1) is 14.7. The number of methoxy groups -OCH3 is 1. The Bertz CT molecular complexity index is 822. The van der Waals surface area contributed by atoms with Crippen LogP contribution in [-0.4, -0.2) is 46.0 Å². The molecular weight excluding hydrogens is 378 g/mol. The Morgan fingerprint density at radius 2 is 1.47 bits per heavy atom. The summed E-state index contributed by atoms with van der Waals surface area (Å²) in [5.74, 6) is 0.951. The van der Waals surface area contributed by atoms with Gasteiger partial charge in [-0.05, 0) is 48.9 Å². The molecule has 0 spiro atoms. The third-order valence-electron chi connectivity index (χ3n) is 6.85. The molecule has 5 heteroatoms. The first kappa shape index (κ1) is 20.9. The highest BCUT2D eigenvalue weighted by atomic mass is 16.5. The van der Waals surface area contributed by atoms with Crippen molar-refractivity contribution in [1.82, 2.24) is 5.32 Å². The number of ether oxygens (including phenoxy) is 3. The molecule has 0 aromatic heterocycles. The molecule has 2 heterocycles. The van der Waals surface area contributed by atoms with E-state index in [4.69, 9.17) is 14.2 Å². The minimum Gasteiger partial charge on any atom is -0.497 e. The van der Waals surface area contributed by atoms with Crippen LogP contribution in [-0.2, 0) is 25.1 Å². The predicted octanol–water partition coefficient (Wildman–Crippen LogP) is 3.61. The summed E-state index contributed by atoms with van der Waals surface area (Å²) in [7, 11) is 1.68. The van der Waals surface area contributed by atoms with E-state index in [2.05, 4.69) is 29.6 Å². The van der Waals surface area contributed by atoms with Crippen LogP contribution >= 0.6 is 0 Å². The molecule has 5 nitrogen and oxygen atoms in total. The Morgan fingerprint density at radius 1 is 0.867 bits per heavy atom. The molecule has 0 atom stereocenters. The summed E-state index contributed by atoms with van der Waals surface area (Å²) < 4.78 is 16.6. The lowest BCUT2D eigenvalue weighted by Crippen LogP contribution is -2.52. The normalized spacial score (nSPS) is 20.3. The number of rotatable bonds is 6. The molecule has 160 valence electrons. The maximum atomic E-state index is 13.6. The number of amides is 1. The molecule has 2 aromatic rings. The molecule has 2 saturated heterocycles. The van der Waals surface area contributed by atoms with Crippen LogP contribution in [0.1, 0.15) is 36.8 Å². The average Bonchev–Trinajstić information content (AvgIpc) is 2.84. The molecule has 1 N–H and O–H groups in total. The van der Waals surface area contributed by atoms with E-state index in [9.17, 15) is 4.79 Å². The van der Waals surface area contributed by atoms with Crippen LogP contribution in [0.15, 0.2) is 54.6 Å². The zero-order chi connectivity index (χ0) is 20.9. The second kappa shape index (κ2) is 9.19. The van der Waals surface area contributed by atoms with E-state index in [-0.39, 0.29) is 11.3 Å². The van der Waals surface area contributed by atoms with Crippen LogP contribution in [0.4, 0.5) is 0 Å². The lowest BCUT2D eigenvalue weighted by molar-refractivity contribution is -0.131. The number of hydrogen-bond acceptors (Lipinski definition) is 4. The zero-order valence-corrected chi connectivity index (χ0v) is 17.7. The number of benzene rings is 2. The number of hydrogen-bond donors (Lipinski definition) is 1. The second-order valence-corrected chi connectivity index (χ2v) is 8.36. The minimum atomic E-state index is -0.522. The van der Waals surface area contributed by atoms with Crippen LogP contribution in [0, 0.1) is 0 Å². The molecule has 2 fully saturated rings. The second-order valence-electron chi connectivity index (χ2n) is 8.36. The highest BCUT2D eigenvalue weighted by molar-refractivity contribution is 5.88. The molecule has 0 radical (unpaired) electrons. The van der Waals surface area contributed by atoms with Gasteiger partial charge in [0.1, 0.15) is 5.75 Å². The lowest BCUT2D eigenvalue weighted by atomic mass is 9.71. The SMILES string of the molecule is COc1ccc(C2(CNC(=O)C3(c4ccccc4)CCOCC3)CCOCC2)cc1. The molecule has 0 aliphatic carbocycles. The number of carbonyl (C=O) groups is 1. The Morgan fingerprint density at radius 3 is 2.07 bits per heavy atom. The number of carbonyl (C=O) groups excluding carboxylic acids is 1. The Hall–Kier alpha value is -2.37. The summed E-state index contributed by atoms with van der Waals surface area (Å²) in [6.45, 7) is 3.25. The van der Waals surface area contributed by atoms with Gasteiger partial charge in [-0.15, -0.1) is 0 Å². The molecule has 2 aliphatic rings. The Balaban J connectivity index is 1.57. The van der Waals surface area contributed by atoms with Gasteiger partial charge in [0.2, 0.25) is 5.91 Å². The summed E-state index contributed by atoms with van der Waals surface area (Å²) in [5, 5.41) is 3.35. The monoisotopic (exact) mass is 409 g/mol. The van der Waals surface area contributed by atoms with Gasteiger partial charge >= 0.3 is 0 Å². The molecule has 1 amide bonds. The van der Waals surface area contributed by atoms with Crippen LogP contribution in [0.2, 0.25) is 0 Å². The van der Waals surface area contributed by atoms with Crippen LogP contribution < -0.4 is 10.1 Å². The molecule has 0 unspecified atom stereocenters. The van der Waals surface area contributed by atoms with Crippen molar-refractivity contribution in [3.05, 3.63) is 65.7 Å². The first-order valence-corrected chi connectivity index (χ1v) is 10.8. The Labute approximate surface area is 178 Å². The van der Waals surface area contributed by atoms with Crippen molar-refractivity contribution < 1.29 is 19.0 Å². The molecule has 2 aliphatic heterocycles. The average molecular weight is 410 g/mol. The van der Waals surface area contributed by atoms with E-state index in [1.807, 2.05) is 30.3 Å². The van der Waals surface area contributed by atoms with Crippen molar-refractivity contribution in [1.29, 1.82) is 0 Å². The van der Waals surface area contributed by atoms with E-state index in [0.29, 0.717) is 45.8 Å². The van der Waals surface area contributed by atoms with Gasteiger partial charge in [-0.1, -0.05) is 42.5 Å². The van der Waals surface area contributed by atoms with Crippen molar-refractivity contribution in [2.24, 2.45) is 0 Å². The minimum absolute atomic E-state index is 0.108. The van der Waals surface area contributed by atoms with Crippen molar-refractivity contribution in [2.75, 3.05) is 40.1 Å². The van der Waals surface area contributed by atoms with Gasteiger partial charge in [-0.3, -0.25) is 4.79 Å². The highest BCUT2D eigenvalue weighted by Gasteiger charge is 2.43. The maximum absolute atomic E-state index is 13.6. The van der Waals surface area contributed by atoms with Gasteiger partial charge in [0.25, 0.3) is 0 Å². The summed E-state index contributed by atoms with van der Waals surface area (Å²) in [5.41, 5.74) is 1.67. The van der Waals surface area contributed by atoms with Crippen molar-refractivity contribution in [2.45, 2.75) is 36.5 Å². The number of nitrogens with one attached hydrogen (secondary N) is 1. The lowest BCUT2D eigenvalue weighted by Gasteiger charge is -2.41. The van der Waals surface area contributed by atoms with Crippen LogP contribution in [0.3, 0.4) is 0 Å². The molecule has 4 rings (SSSR count). The van der Waals surface area contributed by atoms with Gasteiger partial charge in [0.05, 0.1) is 12.5 Å². The van der Waals surface area contributed by atoms with Crippen LogP contribution in [0.5, 0.6) is 5.75 Å². The summed E-state index contributed by atoms with van der Waals surface area (Å²) in [6, 6.07) is 18.4. The topological polar surface area (TPSA) is 56.8 Å². The maximum Gasteiger partial charge on any atom is 0.230 e. The molecule has 0 bridgehead atoms. The Kier molecular flexibility index (Phi) is 6.40. The predicted molar refractivity (Wildman–Crippen MR) is 116 cm³/mol. The molecule has 2 aromatic carbocycles. The summed E-state index contributed by atoms with van der Waals surface area (Å²) in [4.78, 5) is 13.6. The van der Waals surface area contributed by atoms with Gasteiger partial charge < -0.3 is 19.5 Å². The first-order valence-electron chi connectivity index (χ1n) is 10.8. The highest BCUT2D eigenvalue weighted by Crippen LogP contribution is 2.38. The van der Waals surface area contributed by atoms with Gasteiger partial charge in [-0.25, -0.2) is 0 Å². The van der Waals surface area contributed by atoms with E-state index < -0.39 is 5.41 Å². The van der Waals surface area contributed by atoms with Gasteiger partial charge in [0, 0.05) is 38.4 Å². The quantitative estimate of drug-likeness (QED) is 0.792. The third kappa shape index (κ3) is 4.09. The van der Waals surface area contributed by atoms with E-state index in [1.165, 1.54) is 5.56 Å². The van der Waals surface area contributed by atoms with Gasteiger partial charge in [-0.2, -0.15) is 0 Å². The fourth-order valence-corrected chi connectivity index (χ4v) is 4.82. The smallest absolute Gasteiger partial charge is 0.230 e.